The number of carbonyl (C=O) groups is 1. The van der Waals surface area contributed by atoms with Crippen LogP contribution in [-0.2, 0) is 4.79 Å². The smallest absolute Gasteiger partial charge is 0.147 e. The first-order valence-electron chi connectivity index (χ1n) is 5.92. The van der Waals surface area contributed by atoms with Crippen molar-refractivity contribution in [3.05, 3.63) is 0 Å². The lowest BCUT2D eigenvalue weighted by atomic mass is 9.40. The Balaban J connectivity index is 2.33. The molecule has 0 bridgehead atoms. The Kier molecular flexibility index (Phi) is 2.11. The summed E-state index contributed by atoms with van der Waals surface area (Å²) in [5, 5.41) is 0. The van der Waals surface area contributed by atoms with Crippen LogP contribution in [0.25, 0.3) is 0 Å². The van der Waals surface area contributed by atoms with E-state index in [1.807, 2.05) is 0 Å². The van der Waals surface area contributed by atoms with Gasteiger partial charge in [0.05, 0.1) is 6.04 Å². The van der Waals surface area contributed by atoms with Gasteiger partial charge in [0.2, 0.25) is 0 Å². The third-order valence-corrected chi connectivity index (χ3v) is 5.57. The molecule has 3 atom stereocenters. The van der Waals surface area contributed by atoms with Crippen molar-refractivity contribution in [2.45, 2.75) is 40.7 Å². The van der Waals surface area contributed by atoms with E-state index in [1.165, 1.54) is 0 Å². The summed E-state index contributed by atoms with van der Waals surface area (Å²) in [5.41, 5.74) is 0.662. The fourth-order valence-electron chi connectivity index (χ4n) is 3.98. The number of likely N-dealkylation sites (N-methyl/N-ethyl adjacent to an activating group) is 1. The number of nitrogens with zero attached hydrogens (tertiary/aromatic N) is 1. The molecule has 2 rings (SSSR count). The molecule has 0 radical (unpaired) electrons. The van der Waals surface area contributed by atoms with Crippen molar-refractivity contribution in [1.82, 2.24) is 4.90 Å². The average molecular weight is 209 g/mol. The van der Waals surface area contributed by atoms with E-state index in [4.69, 9.17) is 0 Å². The van der Waals surface area contributed by atoms with Gasteiger partial charge in [0.1, 0.15) is 5.78 Å². The maximum atomic E-state index is 11.7. The molecule has 1 saturated carbocycles. The van der Waals surface area contributed by atoms with Crippen molar-refractivity contribution in [3.63, 3.8) is 0 Å². The molecule has 0 unspecified atom stereocenters. The van der Waals surface area contributed by atoms with Gasteiger partial charge in [-0.15, -0.1) is 0 Å². The second-order valence-electron chi connectivity index (χ2n) is 6.57. The second kappa shape index (κ2) is 2.85. The number of fused-ring (bicyclic) bond motifs is 1. The van der Waals surface area contributed by atoms with Crippen molar-refractivity contribution in [1.29, 1.82) is 0 Å². The van der Waals surface area contributed by atoms with Crippen LogP contribution in [0.3, 0.4) is 0 Å². The quantitative estimate of drug-likeness (QED) is 0.660. The van der Waals surface area contributed by atoms with Gasteiger partial charge in [-0.2, -0.15) is 0 Å². The molecule has 2 heteroatoms. The molecule has 15 heavy (non-hydrogen) atoms. The average Bonchev–Trinajstić information content (AvgIpc) is 2.42. The summed E-state index contributed by atoms with van der Waals surface area (Å²) in [7, 11) is 2.09. The van der Waals surface area contributed by atoms with Crippen LogP contribution in [0.15, 0.2) is 0 Å². The highest BCUT2D eigenvalue weighted by molar-refractivity contribution is 5.82. The van der Waals surface area contributed by atoms with Crippen LogP contribution >= 0.6 is 0 Å². The number of carbonyl (C=O) groups excluding carboxylic acids is 1. The Labute approximate surface area is 93.0 Å². The van der Waals surface area contributed by atoms with Gasteiger partial charge < -0.3 is 0 Å². The fourth-order valence-corrected chi connectivity index (χ4v) is 3.98. The molecule has 0 amide bonds. The highest BCUT2D eigenvalue weighted by Gasteiger charge is 2.68. The van der Waals surface area contributed by atoms with Crippen LogP contribution in [0.4, 0.5) is 0 Å². The first kappa shape index (κ1) is 11.1. The van der Waals surface area contributed by atoms with Crippen molar-refractivity contribution >= 4 is 5.78 Å². The molecule has 86 valence electrons. The van der Waals surface area contributed by atoms with Gasteiger partial charge in [-0.25, -0.2) is 0 Å². The fraction of sp³-hybridized carbons (Fsp3) is 0.923. The van der Waals surface area contributed by atoms with Gasteiger partial charge in [-0.3, -0.25) is 9.69 Å². The van der Waals surface area contributed by atoms with Crippen molar-refractivity contribution in [2.24, 2.45) is 22.7 Å². The summed E-state index contributed by atoms with van der Waals surface area (Å²) in [6.07, 6.45) is 0. The summed E-state index contributed by atoms with van der Waals surface area (Å²) in [5.74, 6) is 1.61. The number of likely N-dealkylation sites (tertiary alicyclic amines) is 1. The number of hydrogen-bond acceptors (Lipinski definition) is 2. The Hall–Kier alpha value is -0.370. The van der Waals surface area contributed by atoms with E-state index in [0.717, 1.165) is 6.54 Å². The molecule has 0 N–H and O–H groups in total. The zero-order valence-electron chi connectivity index (χ0n) is 10.8. The van der Waals surface area contributed by atoms with E-state index in [2.05, 4.69) is 39.6 Å². The van der Waals surface area contributed by atoms with Gasteiger partial charge in [-0.05, 0) is 36.6 Å². The van der Waals surface area contributed by atoms with Crippen molar-refractivity contribution < 1.29 is 4.79 Å². The van der Waals surface area contributed by atoms with Gasteiger partial charge in [0.15, 0.2) is 0 Å². The molecule has 2 fully saturated rings. The molecule has 0 aromatic rings. The predicted octanol–water partition coefficient (Wildman–Crippen LogP) is 2.19. The lowest BCUT2D eigenvalue weighted by Gasteiger charge is -2.63. The Morgan fingerprint density at radius 1 is 1.20 bits per heavy atom. The van der Waals surface area contributed by atoms with Crippen LogP contribution in [0, 0.1) is 22.7 Å². The summed E-state index contributed by atoms with van der Waals surface area (Å²) < 4.78 is 0. The third-order valence-electron chi connectivity index (χ3n) is 5.57. The Morgan fingerprint density at radius 3 is 2.20 bits per heavy atom. The van der Waals surface area contributed by atoms with Crippen LogP contribution in [-0.4, -0.2) is 30.3 Å². The number of ketones is 1. The first-order valence-corrected chi connectivity index (χ1v) is 5.92. The SMILES string of the molecule is CC(=O)[C@@H]1[C@H]2[C@@H](CN1C)C(C)(C)C2(C)C. The lowest BCUT2D eigenvalue weighted by Crippen LogP contribution is -2.61. The number of hydrogen-bond donors (Lipinski definition) is 0. The van der Waals surface area contributed by atoms with Gasteiger partial charge in [0.25, 0.3) is 0 Å². The van der Waals surface area contributed by atoms with Crippen LogP contribution < -0.4 is 0 Å². The molecule has 1 saturated heterocycles. The third kappa shape index (κ3) is 1.12. The minimum absolute atomic E-state index is 0.165. The van der Waals surface area contributed by atoms with E-state index in [9.17, 15) is 4.79 Å². The summed E-state index contributed by atoms with van der Waals surface area (Å²) >= 11 is 0. The zero-order valence-corrected chi connectivity index (χ0v) is 10.8. The molecular weight excluding hydrogens is 186 g/mol. The first-order chi connectivity index (χ1) is 6.71. The van der Waals surface area contributed by atoms with Gasteiger partial charge >= 0.3 is 0 Å². The molecule has 2 nitrogen and oxygen atoms in total. The maximum absolute atomic E-state index is 11.7. The van der Waals surface area contributed by atoms with Crippen molar-refractivity contribution in [2.75, 3.05) is 13.6 Å². The topological polar surface area (TPSA) is 20.3 Å². The molecule has 0 aromatic carbocycles. The monoisotopic (exact) mass is 209 g/mol. The van der Waals surface area contributed by atoms with E-state index >= 15 is 0 Å². The second-order valence-corrected chi connectivity index (χ2v) is 6.57. The maximum Gasteiger partial charge on any atom is 0.147 e. The zero-order chi connectivity index (χ0) is 11.6. The largest absolute Gasteiger partial charge is 0.298 e. The van der Waals surface area contributed by atoms with Gasteiger partial charge in [0, 0.05) is 6.54 Å². The van der Waals surface area contributed by atoms with Crippen molar-refractivity contribution in [3.8, 4) is 0 Å². The Morgan fingerprint density at radius 2 is 1.73 bits per heavy atom. The molecule has 1 heterocycles. The number of Topliss-reactive ketones (excluding diaryl/α,β-unsaturated/α-hetero) is 1. The summed E-state index contributed by atoms with van der Waals surface area (Å²) in [6, 6.07) is 0.165. The molecule has 2 aliphatic rings. The normalized spacial score (nSPS) is 42.1. The highest BCUT2D eigenvalue weighted by atomic mass is 16.1. The molecule has 0 spiro atoms. The van der Waals surface area contributed by atoms with Crippen LogP contribution in [0.1, 0.15) is 34.6 Å². The van der Waals surface area contributed by atoms with Crippen LogP contribution in [0.5, 0.6) is 0 Å². The minimum atomic E-state index is 0.165. The number of rotatable bonds is 1. The lowest BCUT2D eigenvalue weighted by molar-refractivity contribution is -0.157. The Bertz CT molecular complexity index is 306. The van der Waals surface area contributed by atoms with E-state index in [1.54, 1.807) is 6.92 Å². The highest BCUT2D eigenvalue weighted by Crippen LogP contribution is 2.68. The van der Waals surface area contributed by atoms with E-state index in [0.29, 0.717) is 28.4 Å². The molecule has 0 aromatic heterocycles. The summed E-state index contributed by atoms with van der Waals surface area (Å²) in [6.45, 7) is 12.2. The van der Waals surface area contributed by atoms with E-state index in [-0.39, 0.29) is 6.04 Å². The minimum Gasteiger partial charge on any atom is -0.298 e. The molecular formula is C13H23NO. The van der Waals surface area contributed by atoms with E-state index < -0.39 is 0 Å². The molecule has 1 aliphatic carbocycles. The standard InChI is InChI=1S/C13H23NO/c1-8(15)11-10-9(7-14(11)6)12(2,3)13(10,4)5/h9-11H,7H2,1-6H3/t9-,10-,11-/m1/s1. The molecule has 1 aliphatic heterocycles. The summed E-state index contributed by atoms with van der Waals surface area (Å²) in [4.78, 5) is 14.0. The predicted molar refractivity (Wildman–Crippen MR) is 61.6 cm³/mol. The van der Waals surface area contributed by atoms with Crippen LogP contribution in [0.2, 0.25) is 0 Å². The van der Waals surface area contributed by atoms with Gasteiger partial charge in [-0.1, -0.05) is 27.7 Å².